The fraction of sp³-hybridized carbons (Fsp3) is 0.312. The molecule has 3 N–H and O–H groups in total. The van der Waals surface area contributed by atoms with Crippen LogP contribution < -0.4 is 5.32 Å². The third-order valence-corrected chi connectivity index (χ3v) is 12.3. The first-order valence-corrected chi connectivity index (χ1v) is 21.0. The summed E-state index contributed by atoms with van der Waals surface area (Å²) in [6.45, 7) is 3.97. The molecule has 0 bridgehead atoms. The van der Waals surface area contributed by atoms with Crippen LogP contribution in [-0.4, -0.2) is 85.8 Å². The Morgan fingerprint density at radius 1 is 0.683 bits per heavy atom. The SMILES string of the molecule is COC(=O)N[C@@H](C(=O)N1CCC[C@H]1c1ncc(-c2ccc(-c3ccc(-c4cnc([C@@H]5CCCN5C(=O)[C@H]5CCN(Cc6ccccc6)C5)[nH]4)cc3)cc2)[nH]1)c1ccccc1. The van der Waals surface area contributed by atoms with Crippen LogP contribution in [0.5, 0.6) is 0 Å². The van der Waals surface area contributed by atoms with Crippen LogP contribution >= 0.6 is 0 Å². The quantitative estimate of drug-likeness (QED) is 0.120. The van der Waals surface area contributed by atoms with Crippen molar-refractivity contribution in [2.24, 2.45) is 5.92 Å². The average Bonchev–Trinajstić information content (AvgIpc) is 4.16. The number of amides is 3. The second-order valence-electron chi connectivity index (χ2n) is 16.1. The van der Waals surface area contributed by atoms with Crippen LogP contribution in [0.4, 0.5) is 4.79 Å². The Labute approximate surface area is 350 Å². The van der Waals surface area contributed by atoms with Gasteiger partial charge >= 0.3 is 6.09 Å². The molecule has 3 aliphatic heterocycles. The second-order valence-corrected chi connectivity index (χ2v) is 16.1. The van der Waals surface area contributed by atoms with Crippen LogP contribution in [0.25, 0.3) is 33.6 Å². The van der Waals surface area contributed by atoms with Gasteiger partial charge in [-0.25, -0.2) is 14.8 Å². The van der Waals surface area contributed by atoms with Gasteiger partial charge in [0.15, 0.2) is 0 Å². The lowest BCUT2D eigenvalue weighted by Crippen LogP contribution is -2.42. The maximum absolute atomic E-state index is 13.9. The van der Waals surface area contributed by atoms with Crippen LogP contribution in [0.1, 0.15) is 73.0 Å². The predicted octanol–water partition coefficient (Wildman–Crippen LogP) is 8.08. The summed E-state index contributed by atoms with van der Waals surface area (Å²) in [5.41, 5.74) is 7.99. The van der Waals surface area contributed by atoms with Crippen LogP contribution in [0, 0.1) is 5.92 Å². The Morgan fingerprint density at radius 3 is 1.80 bits per heavy atom. The van der Waals surface area contributed by atoms with Gasteiger partial charge in [-0.1, -0.05) is 109 Å². The van der Waals surface area contributed by atoms with Gasteiger partial charge < -0.3 is 29.8 Å². The average molecular weight is 803 g/mol. The molecule has 12 heteroatoms. The molecule has 3 amide bonds. The number of hydrogen-bond acceptors (Lipinski definition) is 7. The molecule has 6 aromatic rings. The van der Waals surface area contributed by atoms with Gasteiger partial charge in [-0.05, 0) is 72.0 Å². The number of carbonyl (C=O) groups is 3. The monoisotopic (exact) mass is 802 g/mol. The van der Waals surface area contributed by atoms with E-state index >= 15 is 0 Å². The number of hydrogen-bond donors (Lipinski definition) is 3. The summed E-state index contributed by atoms with van der Waals surface area (Å²) < 4.78 is 4.84. The van der Waals surface area contributed by atoms with Gasteiger partial charge in [-0.15, -0.1) is 0 Å². The lowest BCUT2D eigenvalue weighted by Gasteiger charge is -2.28. The number of benzene rings is 4. The van der Waals surface area contributed by atoms with Gasteiger partial charge in [-0.3, -0.25) is 14.5 Å². The Bertz CT molecular complexity index is 2410. The number of nitrogens with one attached hydrogen (secondary N) is 3. The highest BCUT2D eigenvalue weighted by Crippen LogP contribution is 2.36. The largest absolute Gasteiger partial charge is 0.453 e. The first-order chi connectivity index (χ1) is 29.4. The fourth-order valence-electron chi connectivity index (χ4n) is 9.15. The van der Waals surface area contributed by atoms with Crippen LogP contribution in [0.3, 0.4) is 0 Å². The van der Waals surface area contributed by atoms with E-state index in [0.717, 1.165) is 97.7 Å². The van der Waals surface area contributed by atoms with Gasteiger partial charge in [0.1, 0.15) is 17.7 Å². The zero-order valence-corrected chi connectivity index (χ0v) is 33.8. The number of ether oxygens (including phenoxy) is 1. The van der Waals surface area contributed by atoms with Crippen molar-refractivity contribution in [3.05, 3.63) is 144 Å². The van der Waals surface area contributed by atoms with Crippen molar-refractivity contribution in [2.75, 3.05) is 33.3 Å². The van der Waals surface area contributed by atoms with Crippen molar-refractivity contribution in [1.29, 1.82) is 0 Å². The molecule has 2 aromatic heterocycles. The molecule has 12 nitrogen and oxygen atoms in total. The molecule has 5 heterocycles. The minimum atomic E-state index is -0.869. The molecule has 3 saturated heterocycles. The predicted molar refractivity (Wildman–Crippen MR) is 229 cm³/mol. The van der Waals surface area contributed by atoms with Crippen molar-refractivity contribution in [2.45, 2.75) is 56.8 Å². The van der Waals surface area contributed by atoms with Crippen molar-refractivity contribution in [3.8, 4) is 33.6 Å². The normalized spacial score (nSPS) is 19.7. The summed E-state index contributed by atoms with van der Waals surface area (Å²) in [4.78, 5) is 62.7. The minimum Gasteiger partial charge on any atom is -0.453 e. The van der Waals surface area contributed by atoms with Crippen molar-refractivity contribution >= 4 is 17.9 Å². The standard InChI is InChI=1S/C48H50N8O4/c1-60-48(59)53-43(37-12-6-3-7-13-37)47(58)56-26-9-15-42(56)45-50-29-40(52-45)36-22-18-34(19-23-36)33-16-20-35(21-17-33)39-28-49-44(51-39)41-14-8-25-55(41)46(57)38-24-27-54(31-38)30-32-10-4-2-5-11-32/h2-7,10-13,16-23,28-29,38,41-43H,8-9,14-15,24-27,30-31H2,1H3,(H,49,51)(H,50,52)(H,53,59)/t38-,41-,42-,43+/m0/s1. The number of imidazole rings is 2. The number of H-pyrrole nitrogens is 2. The zero-order valence-electron chi connectivity index (χ0n) is 33.8. The van der Waals surface area contributed by atoms with Gasteiger partial charge in [0.25, 0.3) is 5.91 Å². The molecular weight excluding hydrogens is 753 g/mol. The van der Waals surface area contributed by atoms with Crippen molar-refractivity contribution < 1.29 is 19.1 Å². The number of likely N-dealkylation sites (tertiary alicyclic amines) is 3. The van der Waals surface area contributed by atoms with E-state index in [-0.39, 0.29) is 29.8 Å². The molecule has 0 saturated carbocycles. The van der Waals surface area contributed by atoms with Crippen molar-refractivity contribution in [1.82, 2.24) is 40.0 Å². The summed E-state index contributed by atoms with van der Waals surface area (Å²) in [6, 6.07) is 35.4. The van der Waals surface area contributed by atoms with E-state index in [1.165, 1.54) is 12.7 Å². The van der Waals surface area contributed by atoms with Crippen LogP contribution in [0.15, 0.2) is 122 Å². The Hall–Kier alpha value is -6.53. The molecule has 0 spiro atoms. The summed E-state index contributed by atoms with van der Waals surface area (Å²) >= 11 is 0. The minimum absolute atomic E-state index is 0.0277. The summed E-state index contributed by atoms with van der Waals surface area (Å²) in [6.07, 6.45) is 7.43. The zero-order chi connectivity index (χ0) is 41.0. The van der Waals surface area contributed by atoms with E-state index in [1.54, 1.807) is 4.90 Å². The number of methoxy groups -OCH3 is 1. The Balaban J connectivity index is 0.827. The third-order valence-electron chi connectivity index (χ3n) is 12.3. The van der Waals surface area contributed by atoms with E-state index in [1.807, 2.05) is 48.8 Å². The molecule has 3 aliphatic rings. The fourth-order valence-corrected chi connectivity index (χ4v) is 9.15. The van der Waals surface area contributed by atoms with E-state index in [4.69, 9.17) is 14.7 Å². The number of aromatic amines is 2. The maximum Gasteiger partial charge on any atom is 0.407 e. The highest BCUT2D eigenvalue weighted by atomic mass is 16.5. The molecule has 0 aliphatic carbocycles. The van der Waals surface area contributed by atoms with Gasteiger partial charge in [-0.2, -0.15) is 0 Å². The van der Waals surface area contributed by atoms with E-state index in [0.29, 0.717) is 17.9 Å². The first kappa shape index (κ1) is 39.0. The number of aromatic nitrogens is 4. The Kier molecular flexibility index (Phi) is 11.3. The van der Waals surface area contributed by atoms with Crippen molar-refractivity contribution in [3.63, 3.8) is 0 Å². The molecule has 4 aromatic carbocycles. The first-order valence-electron chi connectivity index (χ1n) is 21.0. The van der Waals surface area contributed by atoms with E-state index < -0.39 is 12.1 Å². The molecule has 9 rings (SSSR count). The summed E-state index contributed by atoms with van der Waals surface area (Å²) in [7, 11) is 1.29. The molecule has 3 fully saturated rings. The third kappa shape index (κ3) is 8.20. The van der Waals surface area contributed by atoms with Crippen LogP contribution in [0.2, 0.25) is 0 Å². The molecule has 4 atom stereocenters. The maximum atomic E-state index is 13.9. The van der Waals surface area contributed by atoms with Crippen LogP contribution in [-0.2, 0) is 20.9 Å². The van der Waals surface area contributed by atoms with Gasteiger partial charge in [0.05, 0.1) is 48.9 Å². The molecule has 306 valence electrons. The molecular formula is C48H50N8O4. The Morgan fingerprint density at radius 2 is 1.22 bits per heavy atom. The van der Waals surface area contributed by atoms with E-state index in [9.17, 15) is 14.4 Å². The number of carbonyl (C=O) groups excluding carboxylic acids is 3. The van der Waals surface area contributed by atoms with Gasteiger partial charge in [0, 0.05) is 26.2 Å². The van der Waals surface area contributed by atoms with E-state index in [2.05, 4.69) is 97.9 Å². The second kappa shape index (κ2) is 17.4. The molecule has 60 heavy (non-hydrogen) atoms. The number of nitrogens with zero attached hydrogens (tertiary/aromatic N) is 5. The van der Waals surface area contributed by atoms with Gasteiger partial charge in [0.2, 0.25) is 5.91 Å². The molecule has 0 unspecified atom stereocenters. The lowest BCUT2D eigenvalue weighted by atomic mass is 10.0. The number of rotatable bonds is 11. The smallest absolute Gasteiger partial charge is 0.407 e. The number of alkyl carbamates (subject to hydrolysis) is 1. The topological polar surface area (TPSA) is 140 Å². The summed E-state index contributed by atoms with van der Waals surface area (Å²) in [5.74, 6) is 1.66. The highest BCUT2D eigenvalue weighted by Gasteiger charge is 2.39. The summed E-state index contributed by atoms with van der Waals surface area (Å²) in [5, 5.41) is 2.72. The highest BCUT2D eigenvalue weighted by molar-refractivity contribution is 5.87. The molecule has 0 radical (unpaired) electrons. The lowest BCUT2D eigenvalue weighted by molar-refractivity contribution is -0.136.